The highest BCUT2D eigenvalue weighted by Crippen LogP contribution is 2.64. The van der Waals surface area contributed by atoms with Gasteiger partial charge in [-0.3, -0.25) is 4.79 Å². The first-order chi connectivity index (χ1) is 16.2. The molecule has 0 radical (unpaired) electrons. The SMILES string of the molecule is O=C(N[C@H](c1c(F)ccc(Cl)c1Cl)C12CCC(F)(CC1)C2)[C@@H]1C[C@@H](O)[C@@H](Nc2cncnc2)C1. The lowest BCUT2D eigenvalue weighted by Gasteiger charge is -2.38. The second kappa shape index (κ2) is 8.88. The molecule has 3 aliphatic carbocycles. The molecule has 2 aromatic rings. The van der Waals surface area contributed by atoms with Gasteiger partial charge >= 0.3 is 0 Å². The molecule has 0 unspecified atom stereocenters. The van der Waals surface area contributed by atoms with E-state index in [-0.39, 0.29) is 40.4 Å². The van der Waals surface area contributed by atoms with E-state index in [4.69, 9.17) is 23.2 Å². The highest BCUT2D eigenvalue weighted by molar-refractivity contribution is 6.42. The van der Waals surface area contributed by atoms with E-state index < -0.39 is 35.0 Å². The standard InChI is InChI=1S/C24H26Cl2F2N4O2/c25-15-1-2-16(27)19(20(15)26)21(23-3-5-24(28,11-23)6-4-23)32-22(34)13-7-17(18(33)8-13)31-14-9-29-12-30-10-14/h1-2,9-10,12-13,17-18,21,31,33H,3-8,11H2,(H,32,34)/t13-,17-,18+,21+,23?,24?/m0/s1. The van der Waals surface area contributed by atoms with Crippen LogP contribution in [-0.2, 0) is 4.79 Å². The summed E-state index contributed by atoms with van der Waals surface area (Å²) in [6.07, 6.45) is 6.53. The van der Waals surface area contributed by atoms with Gasteiger partial charge in [-0.2, -0.15) is 0 Å². The number of amides is 1. The number of carbonyl (C=O) groups is 1. The topological polar surface area (TPSA) is 87.1 Å². The molecule has 1 amide bonds. The van der Waals surface area contributed by atoms with Crippen molar-refractivity contribution in [3.63, 3.8) is 0 Å². The molecule has 182 valence electrons. The van der Waals surface area contributed by atoms with Crippen molar-refractivity contribution in [3.8, 4) is 0 Å². The van der Waals surface area contributed by atoms with Crippen LogP contribution >= 0.6 is 23.2 Å². The molecular weight excluding hydrogens is 485 g/mol. The van der Waals surface area contributed by atoms with Crippen molar-refractivity contribution in [3.05, 3.63) is 52.3 Å². The maximum absolute atomic E-state index is 15.1. The Hall–Kier alpha value is -2.03. The number of carbonyl (C=O) groups excluding carboxylic acids is 1. The third-order valence-electron chi connectivity index (χ3n) is 7.89. The van der Waals surface area contributed by atoms with Crippen LogP contribution in [0.3, 0.4) is 0 Å². The molecule has 5 rings (SSSR count). The first-order valence-corrected chi connectivity index (χ1v) is 12.3. The number of fused-ring (bicyclic) bond motifs is 2. The van der Waals surface area contributed by atoms with E-state index in [9.17, 15) is 9.90 Å². The molecule has 10 heteroatoms. The summed E-state index contributed by atoms with van der Waals surface area (Å²) in [6, 6.07) is 1.44. The minimum Gasteiger partial charge on any atom is -0.391 e. The van der Waals surface area contributed by atoms with Crippen molar-refractivity contribution in [2.45, 2.75) is 68.8 Å². The lowest BCUT2D eigenvalue weighted by molar-refractivity contribution is -0.126. The van der Waals surface area contributed by atoms with Gasteiger partial charge in [-0.1, -0.05) is 23.2 Å². The largest absolute Gasteiger partial charge is 0.391 e. The predicted octanol–water partition coefficient (Wildman–Crippen LogP) is 5.00. The number of hydrogen-bond donors (Lipinski definition) is 3. The van der Waals surface area contributed by atoms with Crippen molar-refractivity contribution in [1.29, 1.82) is 0 Å². The molecule has 0 spiro atoms. The van der Waals surface area contributed by atoms with Crippen molar-refractivity contribution < 1.29 is 18.7 Å². The summed E-state index contributed by atoms with van der Waals surface area (Å²) < 4.78 is 30.2. The first kappa shape index (κ1) is 23.7. The van der Waals surface area contributed by atoms with Crippen LogP contribution in [0.4, 0.5) is 14.5 Å². The Labute approximate surface area is 206 Å². The molecule has 1 aromatic carbocycles. The van der Waals surface area contributed by atoms with Gasteiger partial charge in [-0.15, -0.1) is 0 Å². The molecule has 1 heterocycles. The molecule has 0 saturated heterocycles. The van der Waals surface area contributed by atoms with Crippen LogP contribution in [0.25, 0.3) is 0 Å². The Morgan fingerprint density at radius 2 is 1.85 bits per heavy atom. The highest BCUT2D eigenvalue weighted by atomic mass is 35.5. The molecule has 3 aliphatic rings. The molecule has 4 atom stereocenters. The van der Waals surface area contributed by atoms with Gasteiger partial charge in [-0.25, -0.2) is 18.7 Å². The number of halogens is 4. The minimum atomic E-state index is -1.29. The first-order valence-electron chi connectivity index (χ1n) is 11.5. The lowest BCUT2D eigenvalue weighted by Crippen LogP contribution is -2.42. The molecule has 0 aliphatic heterocycles. The number of nitrogens with one attached hydrogen (secondary N) is 2. The van der Waals surface area contributed by atoms with E-state index in [1.807, 2.05) is 0 Å². The second-order valence-corrected chi connectivity index (χ2v) is 10.8. The molecular formula is C24H26Cl2F2N4O2. The number of aliphatic hydroxyl groups is 1. The van der Waals surface area contributed by atoms with Crippen molar-refractivity contribution in [2.75, 3.05) is 5.32 Å². The van der Waals surface area contributed by atoms with Gasteiger partial charge in [0.25, 0.3) is 0 Å². The summed E-state index contributed by atoms with van der Waals surface area (Å²) in [5.41, 5.74) is -1.16. The molecule has 3 N–H and O–H groups in total. The Bertz CT molecular complexity index is 1080. The summed E-state index contributed by atoms with van der Waals surface area (Å²) in [6.45, 7) is 0. The zero-order valence-electron chi connectivity index (χ0n) is 18.4. The van der Waals surface area contributed by atoms with Gasteiger partial charge in [0.2, 0.25) is 5.91 Å². The minimum absolute atomic E-state index is 0.0414. The number of nitrogens with zero attached hydrogens (tertiary/aromatic N) is 2. The van der Waals surface area contributed by atoms with Gasteiger partial charge in [0.15, 0.2) is 0 Å². The van der Waals surface area contributed by atoms with Crippen LogP contribution < -0.4 is 10.6 Å². The summed E-state index contributed by atoms with van der Waals surface area (Å²) in [5, 5.41) is 17.0. The Morgan fingerprint density at radius 1 is 1.15 bits per heavy atom. The summed E-state index contributed by atoms with van der Waals surface area (Å²) in [7, 11) is 0. The number of alkyl halides is 1. The Balaban J connectivity index is 1.39. The normalized spacial score (nSPS) is 33.1. The second-order valence-electron chi connectivity index (χ2n) is 10.0. The van der Waals surface area contributed by atoms with Gasteiger partial charge < -0.3 is 15.7 Å². The maximum atomic E-state index is 15.1. The molecule has 6 nitrogen and oxygen atoms in total. The van der Waals surface area contributed by atoms with Crippen LogP contribution in [0.1, 0.15) is 56.6 Å². The van der Waals surface area contributed by atoms with Gasteiger partial charge in [0.05, 0.1) is 46.3 Å². The average molecular weight is 511 g/mol. The molecule has 1 aromatic heterocycles. The van der Waals surface area contributed by atoms with E-state index in [2.05, 4.69) is 20.6 Å². The Kier molecular flexibility index (Phi) is 6.19. The van der Waals surface area contributed by atoms with Crippen molar-refractivity contribution in [1.82, 2.24) is 15.3 Å². The smallest absolute Gasteiger partial charge is 0.223 e. The molecule has 34 heavy (non-hydrogen) atoms. The number of benzene rings is 1. The van der Waals surface area contributed by atoms with E-state index in [0.29, 0.717) is 37.8 Å². The van der Waals surface area contributed by atoms with Crippen molar-refractivity contribution in [2.24, 2.45) is 11.3 Å². The van der Waals surface area contributed by atoms with E-state index in [1.54, 1.807) is 12.4 Å². The maximum Gasteiger partial charge on any atom is 0.223 e. The van der Waals surface area contributed by atoms with E-state index in [0.717, 1.165) is 0 Å². The number of rotatable bonds is 6. The van der Waals surface area contributed by atoms with E-state index in [1.165, 1.54) is 18.5 Å². The third-order valence-corrected chi connectivity index (χ3v) is 8.71. The molecule has 3 fully saturated rings. The Morgan fingerprint density at radius 3 is 2.50 bits per heavy atom. The van der Waals surface area contributed by atoms with Crippen LogP contribution in [0.15, 0.2) is 30.9 Å². The fourth-order valence-corrected chi connectivity index (χ4v) is 6.57. The number of aromatic nitrogens is 2. The van der Waals surface area contributed by atoms with Crippen LogP contribution in [-0.4, -0.2) is 38.8 Å². The zero-order valence-corrected chi connectivity index (χ0v) is 19.9. The molecule has 3 saturated carbocycles. The average Bonchev–Trinajstić information content (AvgIpc) is 3.47. The van der Waals surface area contributed by atoms with Crippen LogP contribution in [0.2, 0.25) is 10.0 Å². The fraction of sp³-hybridized carbons (Fsp3) is 0.542. The third kappa shape index (κ3) is 4.25. The predicted molar refractivity (Wildman–Crippen MR) is 125 cm³/mol. The van der Waals surface area contributed by atoms with Gasteiger partial charge in [0.1, 0.15) is 17.8 Å². The number of anilines is 1. The quantitative estimate of drug-likeness (QED) is 0.475. The highest BCUT2D eigenvalue weighted by Gasteiger charge is 2.59. The van der Waals surface area contributed by atoms with Crippen LogP contribution in [0, 0.1) is 17.2 Å². The molecule has 2 bridgehead atoms. The van der Waals surface area contributed by atoms with Crippen LogP contribution in [0.5, 0.6) is 0 Å². The van der Waals surface area contributed by atoms with Crippen molar-refractivity contribution >= 4 is 34.8 Å². The fourth-order valence-electron chi connectivity index (χ4n) is 6.14. The number of aliphatic hydroxyl groups excluding tert-OH is 1. The van der Waals surface area contributed by atoms with Gasteiger partial charge in [-0.05, 0) is 62.5 Å². The zero-order chi connectivity index (χ0) is 24.1. The van der Waals surface area contributed by atoms with Gasteiger partial charge in [0, 0.05) is 11.5 Å². The lowest BCUT2D eigenvalue weighted by atomic mass is 9.74. The monoisotopic (exact) mass is 510 g/mol. The van der Waals surface area contributed by atoms with E-state index >= 15 is 8.78 Å². The number of hydrogen-bond acceptors (Lipinski definition) is 5. The summed E-state index contributed by atoms with van der Waals surface area (Å²) in [5.74, 6) is -1.40. The summed E-state index contributed by atoms with van der Waals surface area (Å²) >= 11 is 12.6. The summed E-state index contributed by atoms with van der Waals surface area (Å²) in [4.78, 5) is 21.3.